The average Bonchev–Trinajstić information content (AvgIpc) is 3.06. The first kappa shape index (κ1) is 16.1. The summed E-state index contributed by atoms with van der Waals surface area (Å²) >= 11 is 6.04. The molecule has 0 atom stereocenters. The van der Waals surface area contributed by atoms with Crippen molar-refractivity contribution in [2.45, 2.75) is 19.8 Å². The van der Waals surface area contributed by atoms with Crippen molar-refractivity contribution in [3.8, 4) is 11.5 Å². The summed E-state index contributed by atoms with van der Waals surface area (Å²) in [7, 11) is 0. The highest BCUT2D eigenvalue weighted by Crippen LogP contribution is 2.20. The van der Waals surface area contributed by atoms with Gasteiger partial charge in [0.15, 0.2) is 0 Å². The molecule has 0 saturated heterocycles. The number of anilines is 1. The Morgan fingerprint density at radius 2 is 2.17 bits per heavy atom. The van der Waals surface area contributed by atoms with Crippen molar-refractivity contribution < 1.29 is 9.21 Å². The Balaban J connectivity index is 1.56. The van der Waals surface area contributed by atoms with Crippen LogP contribution >= 0.6 is 11.6 Å². The van der Waals surface area contributed by atoms with Gasteiger partial charge in [0.1, 0.15) is 0 Å². The maximum atomic E-state index is 12.0. The van der Waals surface area contributed by atoms with Crippen molar-refractivity contribution in [2.75, 3.05) is 5.32 Å². The van der Waals surface area contributed by atoms with Gasteiger partial charge in [-0.05, 0) is 36.8 Å². The zero-order valence-corrected chi connectivity index (χ0v) is 13.7. The zero-order chi connectivity index (χ0) is 16.9. The number of aromatic nitrogens is 3. The molecule has 0 saturated carbocycles. The molecule has 1 N–H and O–H groups in total. The first-order valence-electron chi connectivity index (χ1n) is 7.40. The van der Waals surface area contributed by atoms with E-state index in [1.54, 1.807) is 24.5 Å². The number of benzene rings is 1. The van der Waals surface area contributed by atoms with E-state index in [9.17, 15) is 4.79 Å². The van der Waals surface area contributed by atoms with E-state index in [1.165, 1.54) is 0 Å². The molecule has 1 aromatic carbocycles. The topological polar surface area (TPSA) is 80.9 Å². The van der Waals surface area contributed by atoms with Gasteiger partial charge in [-0.25, -0.2) is 0 Å². The van der Waals surface area contributed by atoms with E-state index in [1.807, 2.05) is 25.1 Å². The second-order valence-corrected chi connectivity index (χ2v) is 5.66. The number of carbonyl (C=O) groups excluding carboxylic acids is 1. The predicted octanol–water partition coefficient (Wildman–Crippen LogP) is 3.66. The Morgan fingerprint density at radius 3 is 2.92 bits per heavy atom. The summed E-state index contributed by atoms with van der Waals surface area (Å²) in [5.74, 6) is 0.658. The molecular weight excluding hydrogens is 328 g/mol. The summed E-state index contributed by atoms with van der Waals surface area (Å²) < 4.78 is 5.54. The molecule has 3 rings (SSSR count). The largest absolute Gasteiger partial charge is 0.421 e. The van der Waals surface area contributed by atoms with Crippen molar-refractivity contribution in [3.05, 3.63) is 59.2 Å². The molecule has 122 valence electrons. The maximum Gasteiger partial charge on any atom is 0.249 e. The summed E-state index contributed by atoms with van der Waals surface area (Å²) in [5.41, 5.74) is 2.37. The molecule has 0 fully saturated rings. The zero-order valence-electron chi connectivity index (χ0n) is 13.0. The van der Waals surface area contributed by atoms with Crippen molar-refractivity contribution in [3.63, 3.8) is 0 Å². The van der Waals surface area contributed by atoms with E-state index in [0.717, 1.165) is 11.1 Å². The van der Waals surface area contributed by atoms with E-state index >= 15 is 0 Å². The lowest BCUT2D eigenvalue weighted by atomic mass is 10.2. The maximum absolute atomic E-state index is 12.0. The average molecular weight is 343 g/mol. The molecule has 0 spiro atoms. The predicted molar refractivity (Wildman–Crippen MR) is 90.7 cm³/mol. The molecule has 0 aliphatic carbocycles. The summed E-state index contributed by atoms with van der Waals surface area (Å²) in [6.45, 7) is 1.91. The van der Waals surface area contributed by atoms with Crippen molar-refractivity contribution >= 4 is 23.2 Å². The highest BCUT2D eigenvalue weighted by atomic mass is 35.5. The minimum Gasteiger partial charge on any atom is -0.421 e. The molecule has 1 amide bonds. The van der Waals surface area contributed by atoms with Gasteiger partial charge in [-0.15, -0.1) is 10.2 Å². The smallest absolute Gasteiger partial charge is 0.249 e. The number of halogens is 1. The third-order valence-electron chi connectivity index (χ3n) is 3.40. The third-order valence-corrected chi connectivity index (χ3v) is 3.80. The number of pyridine rings is 1. The lowest BCUT2D eigenvalue weighted by Gasteiger charge is -2.06. The van der Waals surface area contributed by atoms with E-state index in [0.29, 0.717) is 28.9 Å². The Bertz CT molecular complexity index is 849. The minimum atomic E-state index is -0.143. The first-order chi connectivity index (χ1) is 11.6. The molecule has 0 radical (unpaired) electrons. The van der Waals surface area contributed by atoms with Crippen LogP contribution in [0.25, 0.3) is 11.5 Å². The molecule has 2 aromatic heterocycles. The lowest BCUT2D eigenvalue weighted by molar-refractivity contribution is -0.116. The summed E-state index contributed by atoms with van der Waals surface area (Å²) in [4.78, 5) is 16.0. The van der Waals surface area contributed by atoms with Crippen LogP contribution in [0.15, 0.2) is 47.1 Å². The molecule has 7 heteroatoms. The molecule has 6 nitrogen and oxygen atoms in total. The van der Waals surface area contributed by atoms with Gasteiger partial charge in [0.2, 0.25) is 17.7 Å². The number of hydrogen-bond acceptors (Lipinski definition) is 5. The number of hydrogen-bond donors (Lipinski definition) is 1. The molecule has 0 unspecified atom stereocenters. The Morgan fingerprint density at radius 1 is 1.29 bits per heavy atom. The van der Waals surface area contributed by atoms with E-state index in [-0.39, 0.29) is 12.3 Å². The van der Waals surface area contributed by atoms with Crippen LogP contribution < -0.4 is 5.32 Å². The van der Waals surface area contributed by atoms with Gasteiger partial charge >= 0.3 is 0 Å². The third kappa shape index (κ3) is 3.97. The standard InChI is InChI=1S/C17H15ClN4O2/c1-11-4-5-13(9-14(11)18)20-15(23)6-7-16-21-22-17(24-16)12-3-2-8-19-10-12/h2-5,8-10H,6-7H2,1H3,(H,20,23). The number of aryl methyl sites for hydroxylation is 2. The minimum absolute atomic E-state index is 0.143. The van der Waals surface area contributed by atoms with Crippen LogP contribution in [0.1, 0.15) is 17.9 Å². The lowest BCUT2D eigenvalue weighted by Crippen LogP contribution is -2.12. The SMILES string of the molecule is Cc1ccc(NC(=O)CCc2nnc(-c3cccnc3)o2)cc1Cl. The molecule has 0 aliphatic rings. The van der Waals surface area contributed by atoms with Crippen LogP contribution in [-0.4, -0.2) is 21.1 Å². The first-order valence-corrected chi connectivity index (χ1v) is 7.78. The molecule has 0 aliphatic heterocycles. The number of amides is 1. The van der Waals surface area contributed by atoms with Crippen LogP contribution in [0.5, 0.6) is 0 Å². The van der Waals surface area contributed by atoms with Crippen molar-refractivity contribution in [1.29, 1.82) is 0 Å². The summed E-state index contributed by atoms with van der Waals surface area (Å²) in [6, 6.07) is 9.02. The van der Waals surface area contributed by atoms with Crippen LogP contribution in [0.2, 0.25) is 5.02 Å². The van der Waals surface area contributed by atoms with Gasteiger partial charge in [0, 0.05) is 35.9 Å². The summed E-state index contributed by atoms with van der Waals surface area (Å²) in [6.07, 6.45) is 3.91. The molecule has 24 heavy (non-hydrogen) atoms. The quantitative estimate of drug-likeness (QED) is 0.765. The molecule has 2 heterocycles. The van der Waals surface area contributed by atoms with Crippen LogP contribution in [-0.2, 0) is 11.2 Å². The normalized spacial score (nSPS) is 10.6. The fourth-order valence-corrected chi connectivity index (χ4v) is 2.26. The van der Waals surface area contributed by atoms with E-state index in [2.05, 4.69) is 20.5 Å². The van der Waals surface area contributed by atoms with Crippen molar-refractivity contribution in [1.82, 2.24) is 15.2 Å². The van der Waals surface area contributed by atoms with Crippen LogP contribution in [0.3, 0.4) is 0 Å². The fraction of sp³-hybridized carbons (Fsp3) is 0.176. The van der Waals surface area contributed by atoms with Gasteiger partial charge in [0.05, 0.1) is 5.56 Å². The van der Waals surface area contributed by atoms with Crippen LogP contribution in [0, 0.1) is 6.92 Å². The Hall–Kier alpha value is -2.73. The highest BCUT2D eigenvalue weighted by Gasteiger charge is 2.11. The number of nitrogens with zero attached hydrogens (tertiary/aromatic N) is 3. The second kappa shape index (κ2) is 7.23. The molecule has 0 bridgehead atoms. The number of nitrogens with one attached hydrogen (secondary N) is 1. The van der Waals surface area contributed by atoms with Gasteiger partial charge < -0.3 is 9.73 Å². The second-order valence-electron chi connectivity index (χ2n) is 5.25. The number of carbonyl (C=O) groups is 1. The summed E-state index contributed by atoms with van der Waals surface area (Å²) in [5, 5.41) is 11.3. The molecule has 3 aromatic rings. The van der Waals surface area contributed by atoms with Crippen LogP contribution in [0.4, 0.5) is 5.69 Å². The van der Waals surface area contributed by atoms with Gasteiger partial charge in [-0.2, -0.15) is 0 Å². The highest BCUT2D eigenvalue weighted by molar-refractivity contribution is 6.31. The van der Waals surface area contributed by atoms with Gasteiger partial charge in [-0.1, -0.05) is 17.7 Å². The Labute approximate surface area is 143 Å². The van der Waals surface area contributed by atoms with Gasteiger partial charge in [-0.3, -0.25) is 9.78 Å². The van der Waals surface area contributed by atoms with E-state index in [4.69, 9.17) is 16.0 Å². The fourth-order valence-electron chi connectivity index (χ4n) is 2.08. The van der Waals surface area contributed by atoms with E-state index < -0.39 is 0 Å². The van der Waals surface area contributed by atoms with Crippen molar-refractivity contribution in [2.24, 2.45) is 0 Å². The number of rotatable bonds is 5. The van der Waals surface area contributed by atoms with Gasteiger partial charge in [0.25, 0.3) is 0 Å². The monoisotopic (exact) mass is 342 g/mol. The Kier molecular flexibility index (Phi) is 4.86. The molecular formula is C17H15ClN4O2.